The van der Waals surface area contributed by atoms with Crippen LogP contribution in [0, 0.1) is 11.8 Å². The number of hydrogen-bond acceptors (Lipinski definition) is 3. The maximum atomic E-state index is 10.7. The average molecular weight is 217 g/mol. The number of aliphatic carboxylic acids is 2. The Labute approximate surface area is 86.8 Å². The van der Waals surface area contributed by atoms with Gasteiger partial charge in [-0.1, -0.05) is 6.92 Å². The first-order valence-electron chi connectivity index (χ1n) is 4.37. The van der Waals surface area contributed by atoms with Crippen molar-refractivity contribution in [2.24, 2.45) is 28.3 Å². The molecule has 2 unspecified atom stereocenters. The van der Waals surface area contributed by atoms with Gasteiger partial charge in [0, 0.05) is 6.54 Å². The van der Waals surface area contributed by atoms with Crippen molar-refractivity contribution in [2.45, 2.75) is 13.3 Å². The number of hydrogen-bond donors (Lipinski definition) is 4. The highest BCUT2D eigenvalue weighted by Gasteiger charge is 2.29. The van der Waals surface area contributed by atoms with E-state index in [1.807, 2.05) is 0 Å². The minimum Gasteiger partial charge on any atom is -0.481 e. The van der Waals surface area contributed by atoms with Gasteiger partial charge in [-0.2, -0.15) is 0 Å². The van der Waals surface area contributed by atoms with Crippen LogP contribution in [0.15, 0.2) is 4.99 Å². The van der Waals surface area contributed by atoms with Crippen molar-refractivity contribution in [2.75, 3.05) is 6.54 Å². The van der Waals surface area contributed by atoms with Crippen LogP contribution in [-0.2, 0) is 9.59 Å². The quantitative estimate of drug-likeness (QED) is 0.335. The number of carboxylic acids is 2. The molecule has 2 atom stereocenters. The first-order chi connectivity index (χ1) is 6.86. The Morgan fingerprint density at radius 3 is 2.13 bits per heavy atom. The largest absolute Gasteiger partial charge is 0.481 e. The van der Waals surface area contributed by atoms with Crippen molar-refractivity contribution in [3.05, 3.63) is 0 Å². The first kappa shape index (κ1) is 13.2. The van der Waals surface area contributed by atoms with Gasteiger partial charge < -0.3 is 21.7 Å². The summed E-state index contributed by atoms with van der Waals surface area (Å²) < 4.78 is 0. The number of carbonyl (C=O) groups is 2. The topological polar surface area (TPSA) is 139 Å². The number of rotatable bonds is 6. The van der Waals surface area contributed by atoms with E-state index in [4.69, 9.17) is 21.7 Å². The Bertz CT molecular complexity index is 273. The zero-order valence-electron chi connectivity index (χ0n) is 8.38. The Kier molecular flexibility index (Phi) is 5.14. The van der Waals surface area contributed by atoms with E-state index in [-0.39, 0.29) is 18.9 Å². The van der Waals surface area contributed by atoms with Crippen LogP contribution in [-0.4, -0.2) is 34.7 Å². The van der Waals surface area contributed by atoms with Crippen LogP contribution in [0.1, 0.15) is 13.3 Å². The van der Waals surface area contributed by atoms with Crippen LogP contribution < -0.4 is 11.5 Å². The SMILES string of the molecule is CC(C(=O)O)C(CCN=C(N)N)C(=O)O. The molecule has 0 aromatic carbocycles. The van der Waals surface area contributed by atoms with E-state index >= 15 is 0 Å². The Morgan fingerprint density at radius 1 is 1.27 bits per heavy atom. The summed E-state index contributed by atoms with van der Waals surface area (Å²) in [5, 5.41) is 17.4. The highest BCUT2D eigenvalue weighted by atomic mass is 16.4. The van der Waals surface area contributed by atoms with Gasteiger partial charge in [0.1, 0.15) is 0 Å². The van der Waals surface area contributed by atoms with Crippen molar-refractivity contribution in [1.82, 2.24) is 0 Å². The van der Waals surface area contributed by atoms with Crippen molar-refractivity contribution in [3.63, 3.8) is 0 Å². The molecule has 0 radical (unpaired) electrons. The van der Waals surface area contributed by atoms with Gasteiger partial charge in [-0.15, -0.1) is 0 Å². The maximum Gasteiger partial charge on any atom is 0.307 e. The highest BCUT2D eigenvalue weighted by Crippen LogP contribution is 2.16. The molecule has 7 heteroatoms. The molecule has 86 valence electrons. The van der Waals surface area contributed by atoms with E-state index in [9.17, 15) is 9.59 Å². The highest BCUT2D eigenvalue weighted by molar-refractivity contribution is 5.79. The molecule has 0 heterocycles. The van der Waals surface area contributed by atoms with Gasteiger partial charge in [-0.3, -0.25) is 14.6 Å². The second kappa shape index (κ2) is 5.84. The van der Waals surface area contributed by atoms with E-state index in [0.717, 1.165) is 0 Å². The monoisotopic (exact) mass is 217 g/mol. The maximum absolute atomic E-state index is 10.7. The summed E-state index contributed by atoms with van der Waals surface area (Å²) in [5.74, 6) is -4.38. The predicted octanol–water partition coefficient (Wildman–Crippen LogP) is -0.929. The molecule has 0 aromatic rings. The summed E-state index contributed by atoms with van der Waals surface area (Å²) in [6.45, 7) is 1.45. The first-order valence-corrected chi connectivity index (χ1v) is 4.37. The molecular formula is C8H15N3O4. The molecular weight excluding hydrogens is 202 g/mol. The molecule has 0 spiro atoms. The Hall–Kier alpha value is -1.79. The molecule has 0 amide bonds. The molecule has 6 N–H and O–H groups in total. The zero-order chi connectivity index (χ0) is 12.0. The zero-order valence-corrected chi connectivity index (χ0v) is 8.38. The molecule has 0 aliphatic carbocycles. The summed E-state index contributed by atoms with van der Waals surface area (Å²) in [7, 11) is 0. The van der Waals surface area contributed by atoms with Gasteiger partial charge in [0.2, 0.25) is 0 Å². The molecule has 0 aromatic heterocycles. The summed E-state index contributed by atoms with van der Waals surface area (Å²) in [5.41, 5.74) is 10.1. The number of carboxylic acid groups (broad SMARTS) is 2. The third-order valence-electron chi connectivity index (χ3n) is 2.04. The number of nitrogens with two attached hydrogens (primary N) is 2. The number of aliphatic imine (C=N–C) groups is 1. The fourth-order valence-corrected chi connectivity index (χ4v) is 1.09. The molecule has 0 bridgehead atoms. The summed E-state index contributed by atoms with van der Waals surface area (Å²) in [4.78, 5) is 24.9. The summed E-state index contributed by atoms with van der Waals surface area (Å²) in [6, 6.07) is 0. The molecule has 0 saturated heterocycles. The van der Waals surface area contributed by atoms with Crippen molar-refractivity contribution in [3.8, 4) is 0 Å². The van der Waals surface area contributed by atoms with Gasteiger partial charge in [0.05, 0.1) is 11.8 Å². The standard InChI is InChI=1S/C8H15N3O4/c1-4(6(12)13)5(7(14)15)2-3-11-8(9)10/h4-5H,2-3H2,1H3,(H,12,13)(H,14,15)(H4,9,10,11). The minimum atomic E-state index is -1.16. The van der Waals surface area contributed by atoms with Crippen LogP contribution in [0.5, 0.6) is 0 Å². The van der Waals surface area contributed by atoms with Crippen LogP contribution >= 0.6 is 0 Å². The third kappa shape index (κ3) is 4.84. The molecule has 0 aliphatic rings. The number of guanidine groups is 1. The second-order valence-corrected chi connectivity index (χ2v) is 3.17. The lowest BCUT2D eigenvalue weighted by Gasteiger charge is -2.14. The fraction of sp³-hybridized carbons (Fsp3) is 0.625. The van der Waals surface area contributed by atoms with Crippen molar-refractivity contribution in [1.29, 1.82) is 0 Å². The van der Waals surface area contributed by atoms with Crippen LogP contribution in [0.3, 0.4) is 0 Å². The second-order valence-electron chi connectivity index (χ2n) is 3.17. The smallest absolute Gasteiger partial charge is 0.307 e. The van der Waals surface area contributed by atoms with Gasteiger partial charge in [-0.05, 0) is 6.42 Å². The molecule has 0 rings (SSSR count). The lowest BCUT2D eigenvalue weighted by molar-refractivity contribution is -0.153. The van der Waals surface area contributed by atoms with E-state index in [1.165, 1.54) is 6.92 Å². The molecule has 0 aliphatic heterocycles. The molecule has 7 nitrogen and oxygen atoms in total. The summed E-state index contributed by atoms with van der Waals surface area (Å²) >= 11 is 0. The minimum absolute atomic E-state index is 0.0979. The van der Waals surface area contributed by atoms with Crippen molar-refractivity contribution < 1.29 is 19.8 Å². The van der Waals surface area contributed by atoms with E-state index in [1.54, 1.807) is 0 Å². The molecule has 0 fully saturated rings. The van der Waals surface area contributed by atoms with Crippen molar-refractivity contribution >= 4 is 17.9 Å². The average Bonchev–Trinajstić information content (AvgIpc) is 2.10. The Balaban J connectivity index is 4.36. The van der Waals surface area contributed by atoms with Gasteiger partial charge in [0.25, 0.3) is 0 Å². The third-order valence-corrected chi connectivity index (χ3v) is 2.04. The Morgan fingerprint density at radius 2 is 1.80 bits per heavy atom. The van der Waals surface area contributed by atoms with Crippen LogP contribution in [0.2, 0.25) is 0 Å². The lowest BCUT2D eigenvalue weighted by atomic mass is 9.91. The van der Waals surface area contributed by atoms with E-state index in [0.29, 0.717) is 0 Å². The van der Waals surface area contributed by atoms with Gasteiger partial charge in [0.15, 0.2) is 5.96 Å². The fourth-order valence-electron chi connectivity index (χ4n) is 1.09. The van der Waals surface area contributed by atoms with Gasteiger partial charge in [-0.25, -0.2) is 0 Å². The van der Waals surface area contributed by atoms with Gasteiger partial charge >= 0.3 is 11.9 Å². The van der Waals surface area contributed by atoms with Crippen LogP contribution in [0.4, 0.5) is 0 Å². The predicted molar refractivity (Wildman–Crippen MR) is 53.2 cm³/mol. The normalized spacial score (nSPS) is 13.9. The van der Waals surface area contributed by atoms with E-state index in [2.05, 4.69) is 4.99 Å². The molecule has 15 heavy (non-hydrogen) atoms. The lowest BCUT2D eigenvalue weighted by Crippen LogP contribution is -2.29. The number of nitrogens with zero attached hydrogens (tertiary/aromatic N) is 1. The summed E-state index contributed by atoms with van der Waals surface area (Å²) in [6.07, 6.45) is 0.0979. The van der Waals surface area contributed by atoms with Crippen LogP contribution in [0.25, 0.3) is 0 Å². The van der Waals surface area contributed by atoms with E-state index < -0.39 is 23.8 Å². The molecule has 0 saturated carbocycles.